The lowest BCUT2D eigenvalue weighted by molar-refractivity contribution is -0.688. The number of benzene rings is 1. The summed E-state index contributed by atoms with van der Waals surface area (Å²) < 4.78 is 7.12. The highest BCUT2D eigenvalue weighted by Gasteiger charge is 2.12. The molecule has 0 bridgehead atoms. The Morgan fingerprint density at radius 3 is 2.71 bits per heavy atom. The summed E-state index contributed by atoms with van der Waals surface area (Å²) in [6, 6.07) is 8.81. The molecule has 0 saturated carbocycles. The van der Waals surface area contributed by atoms with Gasteiger partial charge < -0.3 is 9.52 Å². The van der Waals surface area contributed by atoms with Crippen molar-refractivity contribution in [3.8, 4) is 5.75 Å². The first-order chi connectivity index (χ1) is 10.0. The summed E-state index contributed by atoms with van der Waals surface area (Å²) in [7, 11) is 0. The minimum Gasteiger partial charge on any atom is -0.503 e. The van der Waals surface area contributed by atoms with Crippen molar-refractivity contribution >= 4 is 11.0 Å². The second-order valence-electron chi connectivity index (χ2n) is 5.26. The summed E-state index contributed by atoms with van der Waals surface area (Å²) in [6.45, 7) is 4.52. The van der Waals surface area contributed by atoms with E-state index in [4.69, 9.17) is 4.42 Å². The van der Waals surface area contributed by atoms with Crippen molar-refractivity contribution in [2.45, 2.75) is 20.4 Å². The van der Waals surface area contributed by atoms with E-state index in [1.165, 1.54) is 6.07 Å². The normalized spacial score (nSPS) is 11.0. The highest BCUT2D eigenvalue weighted by atomic mass is 16.4. The SMILES string of the molecule is Cc1cc2oc(=O)cc(C[n+]3cccc(O)c3)c2cc1C. The summed E-state index contributed by atoms with van der Waals surface area (Å²) in [6.07, 6.45) is 3.47. The average molecular weight is 282 g/mol. The maximum Gasteiger partial charge on any atom is 0.336 e. The smallest absolute Gasteiger partial charge is 0.336 e. The van der Waals surface area contributed by atoms with E-state index in [0.29, 0.717) is 12.1 Å². The second kappa shape index (κ2) is 5.05. The minimum atomic E-state index is -0.360. The van der Waals surface area contributed by atoms with Crippen molar-refractivity contribution in [2.24, 2.45) is 0 Å². The van der Waals surface area contributed by atoms with E-state index in [1.54, 1.807) is 18.3 Å². The lowest BCUT2D eigenvalue weighted by Gasteiger charge is -2.06. The fourth-order valence-corrected chi connectivity index (χ4v) is 2.42. The van der Waals surface area contributed by atoms with Gasteiger partial charge in [-0.3, -0.25) is 0 Å². The third-order valence-corrected chi connectivity index (χ3v) is 3.64. The highest BCUT2D eigenvalue weighted by molar-refractivity contribution is 5.81. The number of aromatic hydroxyl groups is 1. The summed E-state index contributed by atoms with van der Waals surface area (Å²) in [5.74, 6) is 0.191. The van der Waals surface area contributed by atoms with E-state index in [1.807, 2.05) is 36.7 Å². The topological polar surface area (TPSA) is 54.3 Å². The van der Waals surface area contributed by atoms with Crippen LogP contribution < -0.4 is 10.2 Å². The van der Waals surface area contributed by atoms with Crippen LogP contribution >= 0.6 is 0 Å². The molecule has 0 unspecified atom stereocenters. The van der Waals surface area contributed by atoms with E-state index in [9.17, 15) is 9.90 Å². The first-order valence-corrected chi connectivity index (χ1v) is 6.75. The van der Waals surface area contributed by atoms with Gasteiger partial charge in [0.1, 0.15) is 5.58 Å². The molecule has 0 aliphatic rings. The van der Waals surface area contributed by atoms with Crippen molar-refractivity contribution in [1.29, 1.82) is 0 Å². The molecule has 0 amide bonds. The van der Waals surface area contributed by atoms with Gasteiger partial charge in [0.05, 0.1) is 0 Å². The molecule has 0 fully saturated rings. The van der Waals surface area contributed by atoms with Crippen molar-refractivity contribution in [2.75, 3.05) is 0 Å². The molecule has 4 nitrogen and oxygen atoms in total. The van der Waals surface area contributed by atoms with Crippen LogP contribution in [0.2, 0.25) is 0 Å². The largest absolute Gasteiger partial charge is 0.503 e. The monoisotopic (exact) mass is 282 g/mol. The molecule has 0 atom stereocenters. The maximum atomic E-state index is 11.7. The molecular formula is C17H16NO3+. The predicted octanol–water partition coefficient (Wildman–Crippen LogP) is 2.45. The zero-order valence-electron chi connectivity index (χ0n) is 12.0. The standard InChI is InChI=1S/C17H15NO3/c1-11-6-15-13(9-18-5-3-4-14(19)10-18)8-17(20)21-16(15)7-12(11)2/h3-8,10H,9H2,1-2H3/p+1. The third-order valence-electron chi connectivity index (χ3n) is 3.64. The number of aryl methyl sites for hydroxylation is 2. The molecule has 2 heterocycles. The molecule has 0 spiro atoms. The van der Waals surface area contributed by atoms with E-state index < -0.39 is 0 Å². The van der Waals surface area contributed by atoms with E-state index in [-0.39, 0.29) is 11.4 Å². The fourth-order valence-electron chi connectivity index (χ4n) is 2.42. The zero-order valence-corrected chi connectivity index (χ0v) is 12.0. The van der Waals surface area contributed by atoms with Crippen LogP contribution in [-0.2, 0) is 6.54 Å². The van der Waals surface area contributed by atoms with Crippen molar-refractivity contribution < 1.29 is 14.1 Å². The molecule has 4 heteroatoms. The lowest BCUT2D eigenvalue weighted by Crippen LogP contribution is -2.33. The molecule has 0 aliphatic carbocycles. The Morgan fingerprint density at radius 1 is 1.19 bits per heavy atom. The molecule has 3 aromatic rings. The molecule has 1 aromatic carbocycles. The lowest BCUT2D eigenvalue weighted by atomic mass is 10.0. The van der Waals surface area contributed by atoms with E-state index >= 15 is 0 Å². The van der Waals surface area contributed by atoms with Gasteiger partial charge in [0.25, 0.3) is 0 Å². The van der Waals surface area contributed by atoms with Crippen LogP contribution in [0.3, 0.4) is 0 Å². The van der Waals surface area contributed by atoms with Crippen molar-refractivity contribution in [3.05, 3.63) is 69.8 Å². The Kier molecular flexibility index (Phi) is 3.22. The molecule has 3 rings (SSSR count). The Labute approximate surface area is 121 Å². The van der Waals surface area contributed by atoms with Crippen LogP contribution in [0.1, 0.15) is 16.7 Å². The highest BCUT2D eigenvalue weighted by Crippen LogP contribution is 2.21. The van der Waals surface area contributed by atoms with E-state index in [2.05, 4.69) is 0 Å². The number of hydrogen-bond acceptors (Lipinski definition) is 3. The van der Waals surface area contributed by atoms with Crippen molar-refractivity contribution in [1.82, 2.24) is 0 Å². The summed E-state index contributed by atoms with van der Waals surface area (Å²) in [5, 5.41) is 10.5. The van der Waals surface area contributed by atoms with Crippen LogP contribution in [-0.4, -0.2) is 5.11 Å². The summed E-state index contributed by atoms with van der Waals surface area (Å²) >= 11 is 0. The first-order valence-electron chi connectivity index (χ1n) is 6.75. The van der Waals surface area contributed by atoms with Gasteiger partial charge in [-0.15, -0.1) is 0 Å². The number of aromatic nitrogens is 1. The number of nitrogens with zero attached hydrogens (tertiary/aromatic N) is 1. The van der Waals surface area contributed by atoms with Crippen molar-refractivity contribution in [3.63, 3.8) is 0 Å². The number of rotatable bonds is 2. The second-order valence-corrected chi connectivity index (χ2v) is 5.26. The van der Waals surface area contributed by atoms with Gasteiger partial charge in [-0.1, -0.05) is 0 Å². The molecular weight excluding hydrogens is 266 g/mol. The van der Waals surface area contributed by atoms with Gasteiger partial charge >= 0.3 is 5.63 Å². The van der Waals surface area contributed by atoms with Crippen LogP contribution in [0.25, 0.3) is 11.0 Å². The predicted molar refractivity (Wildman–Crippen MR) is 79.4 cm³/mol. The quantitative estimate of drug-likeness (QED) is 0.580. The molecule has 0 aliphatic heterocycles. The Bertz CT molecular complexity index is 881. The third kappa shape index (κ3) is 2.65. The molecule has 0 radical (unpaired) electrons. The van der Waals surface area contributed by atoms with Gasteiger partial charge in [0, 0.05) is 23.1 Å². The Balaban J connectivity index is 2.17. The van der Waals surface area contributed by atoms with E-state index in [0.717, 1.165) is 22.1 Å². The Morgan fingerprint density at radius 2 is 1.95 bits per heavy atom. The first kappa shape index (κ1) is 13.4. The maximum absolute atomic E-state index is 11.7. The van der Waals surface area contributed by atoms with Crippen LogP contribution in [0, 0.1) is 13.8 Å². The van der Waals surface area contributed by atoms with Gasteiger partial charge in [0.15, 0.2) is 18.5 Å². The molecule has 21 heavy (non-hydrogen) atoms. The van der Waals surface area contributed by atoms with Gasteiger partial charge in [-0.2, -0.15) is 4.57 Å². The molecule has 2 aromatic heterocycles. The van der Waals surface area contributed by atoms with Crippen LogP contribution in [0.15, 0.2) is 51.9 Å². The molecule has 1 N–H and O–H groups in total. The number of fused-ring (bicyclic) bond motifs is 1. The fraction of sp³-hybridized carbons (Fsp3) is 0.176. The summed E-state index contributed by atoms with van der Waals surface area (Å²) in [5.41, 5.74) is 3.36. The van der Waals surface area contributed by atoms with Gasteiger partial charge in [-0.25, -0.2) is 4.79 Å². The molecule has 106 valence electrons. The zero-order chi connectivity index (χ0) is 15.0. The van der Waals surface area contributed by atoms with Gasteiger partial charge in [0.2, 0.25) is 6.20 Å². The average Bonchev–Trinajstić information content (AvgIpc) is 2.41. The number of pyridine rings is 1. The Hall–Kier alpha value is -2.62. The molecule has 0 saturated heterocycles. The van der Waals surface area contributed by atoms with Crippen LogP contribution in [0.5, 0.6) is 5.75 Å². The summed E-state index contributed by atoms with van der Waals surface area (Å²) in [4.78, 5) is 11.7. The van der Waals surface area contributed by atoms with Crippen LogP contribution in [0.4, 0.5) is 0 Å². The number of hydrogen-bond donors (Lipinski definition) is 1. The minimum absolute atomic E-state index is 0.191. The van der Waals surface area contributed by atoms with Gasteiger partial charge in [-0.05, 0) is 43.2 Å².